The second kappa shape index (κ2) is 8.17. The number of halogens is 1. The molecule has 2 rings (SSSR count). The normalized spacial score (nSPS) is 10.3. The van der Waals surface area contributed by atoms with Crippen molar-refractivity contribution >= 4 is 11.6 Å². The van der Waals surface area contributed by atoms with E-state index >= 15 is 0 Å². The molecule has 0 aliphatic carbocycles. The van der Waals surface area contributed by atoms with Gasteiger partial charge >= 0.3 is 0 Å². The zero-order valence-corrected chi connectivity index (χ0v) is 12.6. The minimum atomic E-state index is -0.476. The molecule has 0 saturated carbocycles. The van der Waals surface area contributed by atoms with Crippen LogP contribution in [-0.2, 0) is 11.2 Å². The van der Waals surface area contributed by atoms with Crippen LogP contribution in [-0.4, -0.2) is 12.5 Å². The monoisotopic (exact) mass is 301 g/mol. The van der Waals surface area contributed by atoms with Crippen LogP contribution in [0.5, 0.6) is 5.75 Å². The van der Waals surface area contributed by atoms with Gasteiger partial charge in [-0.1, -0.05) is 37.6 Å². The lowest BCUT2D eigenvalue weighted by atomic mass is 10.1. The summed E-state index contributed by atoms with van der Waals surface area (Å²) in [6.07, 6.45) is 3.36. The van der Waals surface area contributed by atoms with Gasteiger partial charge in [-0.15, -0.1) is 0 Å². The van der Waals surface area contributed by atoms with Crippen LogP contribution in [0.15, 0.2) is 48.5 Å². The first-order chi connectivity index (χ1) is 10.7. The van der Waals surface area contributed by atoms with Crippen LogP contribution in [0.1, 0.15) is 25.3 Å². The summed E-state index contributed by atoms with van der Waals surface area (Å²) in [5, 5.41) is 2.73. The van der Waals surface area contributed by atoms with E-state index in [2.05, 4.69) is 12.2 Å². The van der Waals surface area contributed by atoms with Crippen LogP contribution in [0.2, 0.25) is 0 Å². The fourth-order valence-electron chi connectivity index (χ4n) is 2.04. The number of anilines is 1. The van der Waals surface area contributed by atoms with Crippen molar-refractivity contribution < 1.29 is 13.9 Å². The highest BCUT2D eigenvalue weighted by atomic mass is 19.1. The summed E-state index contributed by atoms with van der Waals surface area (Å²) in [5.74, 6) is -0.715. The van der Waals surface area contributed by atoms with Crippen LogP contribution >= 0.6 is 0 Å². The fourth-order valence-corrected chi connectivity index (χ4v) is 2.04. The standard InChI is InChI=1S/C18H20FNO2/c1-2-3-6-14-9-11-15(12-10-14)20-18(21)13-22-17-8-5-4-7-16(17)19/h4-5,7-12H,2-3,6,13H2,1H3,(H,20,21). The molecule has 0 saturated heterocycles. The number of carbonyl (C=O) groups is 1. The number of rotatable bonds is 7. The molecule has 0 bridgehead atoms. The van der Waals surface area contributed by atoms with E-state index in [1.165, 1.54) is 17.7 Å². The highest BCUT2D eigenvalue weighted by Gasteiger charge is 2.06. The first-order valence-corrected chi connectivity index (χ1v) is 7.45. The molecule has 22 heavy (non-hydrogen) atoms. The molecule has 0 aliphatic heterocycles. The van der Waals surface area contributed by atoms with E-state index in [0.29, 0.717) is 5.69 Å². The van der Waals surface area contributed by atoms with E-state index < -0.39 is 5.82 Å². The third-order valence-electron chi connectivity index (χ3n) is 3.25. The van der Waals surface area contributed by atoms with Crippen molar-refractivity contribution in [3.8, 4) is 5.75 Å². The Labute approximate surface area is 130 Å². The number of benzene rings is 2. The maximum Gasteiger partial charge on any atom is 0.262 e. The lowest BCUT2D eigenvalue weighted by molar-refractivity contribution is -0.118. The van der Waals surface area contributed by atoms with E-state index in [0.717, 1.165) is 19.3 Å². The summed E-state index contributed by atoms with van der Waals surface area (Å²) < 4.78 is 18.5. The molecular weight excluding hydrogens is 281 g/mol. The second-order valence-corrected chi connectivity index (χ2v) is 5.07. The van der Waals surface area contributed by atoms with Crippen molar-refractivity contribution in [2.24, 2.45) is 0 Å². The largest absolute Gasteiger partial charge is 0.481 e. The molecule has 0 aliphatic rings. The first-order valence-electron chi connectivity index (χ1n) is 7.45. The number of hydrogen-bond donors (Lipinski definition) is 1. The first kappa shape index (κ1) is 16.0. The van der Waals surface area contributed by atoms with Gasteiger partial charge in [-0.3, -0.25) is 4.79 Å². The quantitative estimate of drug-likeness (QED) is 0.833. The average molecular weight is 301 g/mol. The van der Waals surface area contributed by atoms with E-state index in [1.54, 1.807) is 12.1 Å². The third kappa shape index (κ3) is 4.88. The van der Waals surface area contributed by atoms with Crippen molar-refractivity contribution in [3.05, 3.63) is 59.9 Å². The Kier molecular flexibility index (Phi) is 5.95. The predicted octanol–water partition coefficient (Wildman–Crippen LogP) is 4.19. The third-order valence-corrected chi connectivity index (χ3v) is 3.25. The molecule has 0 atom stereocenters. The van der Waals surface area contributed by atoms with Crippen LogP contribution in [0.3, 0.4) is 0 Å². The van der Waals surface area contributed by atoms with Gasteiger partial charge in [0.15, 0.2) is 18.2 Å². The summed E-state index contributed by atoms with van der Waals surface area (Å²) >= 11 is 0. The number of ether oxygens (including phenoxy) is 1. The van der Waals surface area contributed by atoms with Gasteiger partial charge in [0.25, 0.3) is 5.91 Å². The maximum absolute atomic E-state index is 13.4. The van der Waals surface area contributed by atoms with Crippen molar-refractivity contribution in [2.45, 2.75) is 26.2 Å². The molecule has 0 radical (unpaired) electrons. The highest BCUT2D eigenvalue weighted by molar-refractivity contribution is 5.91. The zero-order valence-electron chi connectivity index (χ0n) is 12.6. The number of hydrogen-bond acceptors (Lipinski definition) is 2. The molecule has 1 N–H and O–H groups in total. The fraction of sp³-hybridized carbons (Fsp3) is 0.278. The minimum Gasteiger partial charge on any atom is -0.481 e. The topological polar surface area (TPSA) is 38.3 Å². The Morgan fingerprint density at radius 3 is 2.55 bits per heavy atom. The van der Waals surface area contributed by atoms with E-state index in [4.69, 9.17) is 4.74 Å². The maximum atomic E-state index is 13.4. The van der Waals surface area contributed by atoms with Gasteiger partial charge in [0.1, 0.15) is 0 Å². The molecule has 0 spiro atoms. The second-order valence-electron chi connectivity index (χ2n) is 5.07. The van der Waals surface area contributed by atoms with Gasteiger partial charge in [-0.05, 0) is 42.7 Å². The number of carbonyl (C=O) groups excluding carboxylic acids is 1. The van der Waals surface area contributed by atoms with Crippen molar-refractivity contribution in [3.63, 3.8) is 0 Å². The average Bonchev–Trinajstić information content (AvgIpc) is 2.53. The van der Waals surface area contributed by atoms with Crippen molar-refractivity contribution in [2.75, 3.05) is 11.9 Å². The molecule has 4 heteroatoms. The summed E-state index contributed by atoms with van der Waals surface area (Å²) in [5.41, 5.74) is 1.96. The van der Waals surface area contributed by atoms with Crippen LogP contribution in [0.25, 0.3) is 0 Å². The summed E-state index contributed by atoms with van der Waals surface area (Å²) in [6.45, 7) is 1.93. The molecule has 2 aromatic carbocycles. The molecule has 0 fully saturated rings. The molecule has 3 nitrogen and oxygen atoms in total. The Hall–Kier alpha value is -2.36. The van der Waals surface area contributed by atoms with E-state index in [1.807, 2.05) is 24.3 Å². The smallest absolute Gasteiger partial charge is 0.262 e. The van der Waals surface area contributed by atoms with Crippen LogP contribution in [0.4, 0.5) is 10.1 Å². The Balaban J connectivity index is 1.83. The summed E-state index contributed by atoms with van der Waals surface area (Å²) in [4.78, 5) is 11.8. The number of amides is 1. The summed E-state index contributed by atoms with van der Waals surface area (Å²) in [7, 11) is 0. The van der Waals surface area contributed by atoms with Gasteiger partial charge in [-0.2, -0.15) is 0 Å². The minimum absolute atomic E-state index is 0.0764. The van der Waals surface area contributed by atoms with Crippen LogP contribution < -0.4 is 10.1 Å². The van der Waals surface area contributed by atoms with Gasteiger partial charge in [0.05, 0.1) is 0 Å². The van der Waals surface area contributed by atoms with E-state index in [-0.39, 0.29) is 18.3 Å². The van der Waals surface area contributed by atoms with E-state index in [9.17, 15) is 9.18 Å². The molecule has 0 unspecified atom stereocenters. The van der Waals surface area contributed by atoms with Crippen LogP contribution in [0, 0.1) is 5.82 Å². The molecule has 116 valence electrons. The zero-order chi connectivity index (χ0) is 15.8. The van der Waals surface area contributed by atoms with Gasteiger partial charge in [0, 0.05) is 5.69 Å². The molecule has 0 heterocycles. The van der Waals surface area contributed by atoms with Gasteiger partial charge < -0.3 is 10.1 Å². The highest BCUT2D eigenvalue weighted by Crippen LogP contribution is 2.15. The van der Waals surface area contributed by atoms with Gasteiger partial charge in [0.2, 0.25) is 0 Å². The number of unbranched alkanes of at least 4 members (excludes halogenated alkanes) is 1. The SMILES string of the molecule is CCCCc1ccc(NC(=O)COc2ccccc2F)cc1. The molecular formula is C18H20FNO2. The number of aryl methyl sites for hydroxylation is 1. The van der Waals surface area contributed by atoms with Gasteiger partial charge in [-0.25, -0.2) is 4.39 Å². The summed E-state index contributed by atoms with van der Waals surface area (Å²) in [6, 6.07) is 13.8. The molecule has 1 amide bonds. The Morgan fingerprint density at radius 2 is 1.86 bits per heavy atom. The van der Waals surface area contributed by atoms with Crippen molar-refractivity contribution in [1.82, 2.24) is 0 Å². The lowest BCUT2D eigenvalue weighted by Crippen LogP contribution is -2.20. The van der Waals surface area contributed by atoms with Crippen molar-refractivity contribution in [1.29, 1.82) is 0 Å². The predicted molar refractivity (Wildman–Crippen MR) is 85.6 cm³/mol. The molecule has 2 aromatic rings. The Bertz CT molecular complexity index is 611. The Morgan fingerprint density at radius 1 is 1.14 bits per heavy atom. The number of nitrogens with one attached hydrogen (secondary N) is 1. The lowest BCUT2D eigenvalue weighted by Gasteiger charge is -2.08. The number of para-hydroxylation sites is 1. The molecule has 0 aromatic heterocycles.